The fraction of sp³-hybridized carbons (Fsp3) is 0.500. The second-order valence-electron chi connectivity index (χ2n) is 4.02. The molecule has 82 valence electrons. The molecule has 1 heteroatoms. The Morgan fingerprint density at radius 3 is 2.60 bits per heavy atom. The third-order valence-corrected chi connectivity index (χ3v) is 2.85. The van der Waals surface area contributed by atoms with E-state index in [4.69, 9.17) is 0 Å². The van der Waals surface area contributed by atoms with Gasteiger partial charge in [0.25, 0.3) is 0 Å². The van der Waals surface area contributed by atoms with Gasteiger partial charge in [0.1, 0.15) is 0 Å². The summed E-state index contributed by atoms with van der Waals surface area (Å²) < 4.78 is 0. The summed E-state index contributed by atoms with van der Waals surface area (Å²) in [6, 6.07) is 2.17. The fourth-order valence-electron chi connectivity index (χ4n) is 1.79. The van der Waals surface area contributed by atoms with Gasteiger partial charge in [-0.25, -0.2) is 0 Å². The second-order valence-corrected chi connectivity index (χ2v) is 4.02. The van der Waals surface area contributed by atoms with Crippen molar-refractivity contribution in [3.63, 3.8) is 0 Å². The van der Waals surface area contributed by atoms with Gasteiger partial charge < -0.3 is 0 Å². The summed E-state index contributed by atoms with van der Waals surface area (Å²) in [5.74, 6) is 0.678. The van der Waals surface area contributed by atoms with Crippen molar-refractivity contribution in [1.82, 2.24) is 4.98 Å². The largest absolute Gasteiger partial charge is 0.261 e. The highest BCUT2D eigenvalue weighted by molar-refractivity contribution is 5.59. The monoisotopic (exact) mass is 203 g/mol. The number of aryl methyl sites for hydroxylation is 1. The van der Waals surface area contributed by atoms with Gasteiger partial charge in [0, 0.05) is 11.9 Å². The van der Waals surface area contributed by atoms with Gasteiger partial charge in [0.05, 0.1) is 0 Å². The van der Waals surface area contributed by atoms with E-state index in [1.165, 1.54) is 16.7 Å². The molecule has 1 heterocycles. The van der Waals surface area contributed by atoms with Crippen LogP contribution in [0.15, 0.2) is 17.8 Å². The minimum absolute atomic E-state index is 0.678. The summed E-state index contributed by atoms with van der Waals surface area (Å²) >= 11 is 0. The first-order valence-electron chi connectivity index (χ1n) is 5.80. The highest BCUT2D eigenvalue weighted by Gasteiger charge is 2.14. The van der Waals surface area contributed by atoms with Gasteiger partial charge in [0.2, 0.25) is 0 Å². The molecule has 0 N–H and O–H groups in total. The quantitative estimate of drug-likeness (QED) is 0.620. The van der Waals surface area contributed by atoms with Gasteiger partial charge in [0.15, 0.2) is 0 Å². The standard InChI is InChI=1S/C12H15N.C2H6/c1-8-4-11-6-10(3)13-7-12(11)5-9(8)2;1-2/h4,6-7,9H,5H2,1-3H3;1-2H3. The maximum Gasteiger partial charge on any atom is 0.0378 e. The van der Waals surface area contributed by atoms with Gasteiger partial charge in [-0.15, -0.1) is 0 Å². The summed E-state index contributed by atoms with van der Waals surface area (Å²) in [6.07, 6.45) is 5.45. The summed E-state index contributed by atoms with van der Waals surface area (Å²) in [5.41, 5.74) is 5.35. The van der Waals surface area contributed by atoms with Crippen molar-refractivity contribution in [2.45, 2.75) is 41.0 Å². The molecule has 0 amide bonds. The minimum Gasteiger partial charge on any atom is -0.261 e. The van der Waals surface area contributed by atoms with Crippen molar-refractivity contribution in [2.24, 2.45) is 5.92 Å². The van der Waals surface area contributed by atoms with Crippen LogP contribution in [0, 0.1) is 12.8 Å². The Morgan fingerprint density at radius 1 is 1.27 bits per heavy atom. The van der Waals surface area contributed by atoms with Crippen LogP contribution in [0.2, 0.25) is 0 Å². The van der Waals surface area contributed by atoms with Crippen molar-refractivity contribution >= 4 is 6.08 Å². The Bertz CT molecular complexity index is 364. The molecule has 0 aliphatic heterocycles. The SMILES string of the molecule is CC.CC1=Cc2cc(C)ncc2CC1C. The van der Waals surface area contributed by atoms with E-state index in [2.05, 4.69) is 31.0 Å². The van der Waals surface area contributed by atoms with Gasteiger partial charge in [-0.1, -0.05) is 32.4 Å². The number of aromatic nitrogens is 1. The molecular weight excluding hydrogens is 182 g/mol. The number of nitrogens with zero attached hydrogens (tertiary/aromatic N) is 1. The first-order chi connectivity index (χ1) is 7.16. The molecule has 1 aliphatic rings. The predicted molar refractivity (Wildman–Crippen MR) is 66.8 cm³/mol. The molecule has 1 nitrogen and oxygen atoms in total. The molecule has 0 bridgehead atoms. The molecule has 1 atom stereocenters. The first-order valence-corrected chi connectivity index (χ1v) is 5.80. The number of fused-ring (bicyclic) bond motifs is 1. The van der Waals surface area contributed by atoms with Crippen LogP contribution < -0.4 is 0 Å². The number of hydrogen-bond acceptors (Lipinski definition) is 1. The van der Waals surface area contributed by atoms with Crippen molar-refractivity contribution < 1.29 is 0 Å². The van der Waals surface area contributed by atoms with Crippen LogP contribution in [0.5, 0.6) is 0 Å². The molecular formula is C14H21N. The Balaban J connectivity index is 0.000000531. The summed E-state index contributed by atoms with van der Waals surface area (Å²) in [6.45, 7) is 10.5. The highest BCUT2D eigenvalue weighted by atomic mass is 14.7. The summed E-state index contributed by atoms with van der Waals surface area (Å²) in [7, 11) is 0. The van der Waals surface area contributed by atoms with E-state index < -0.39 is 0 Å². The Morgan fingerprint density at radius 2 is 1.93 bits per heavy atom. The van der Waals surface area contributed by atoms with E-state index in [0.717, 1.165) is 12.1 Å². The molecule has 1 aliphatic carbocycles. The average Bonchev–Trinajstić information content (AvgIpc) is 2.23. The third kappa shape index (κ3) is 2.68. The first kappa shape index (κ1) is 12.0. The molecule has 1 aromatic rings. The van der Waals surface area contributed by atoms with Gasteiger partial charge in [-0.2, -0.15) is 0 Å². The zero-order chi connectivity index (χ0) is 11.4. The normalized spacial score (nSPS) is 18.5. The maximum absolute atomic E-state index is 4.32. The highest BCUT2D eigenvalue weighted by Crippen LogP contribution is 2.27. The third-order valence-electron chi connectivity index (χ3n) is 2.85. The molecule has 15 heavy (non-hydrogen) atoms. The molecule has 0 aromatic carbocycles. The Labute approximate surface area is 93.2 Å². The summed E-state index contributed by atoms with van der Waals surface area (Å²) in [4.78, 5) is 4.32. The Kier molecular flexibility index (Phi) is 4.07. The molecule has 0 saturated carbocycles. The maximum atomic E-state index is 4.32. The molecule has 0 spiro atoms. The van der Waals surface area contributed by atoms with Gasteiger partial charge in [-0.05, 0) is 43.4 Å². The zero-order valence-electron chi connectivity index (χ0n) is 10.5. The molecule has 0 radical (unpaired) electrons. The van der Waals surface area contributed by atoms with Crippen molar-refractivity contribution in [2.75, 3.05) is 0 Å². The van der Waals surface area contributed by atoms with E-state index in [1.54, 1.807) is 0 Å². The smallest absolute Gasteiger partial charge is 0.0378 e. The molecule has 0 fully saturated rings. The van der Waals surface area contributed by atoms with E-state index in [-0.39, 0.29) is 0 Å². The van der Waals surface area contributed by atoms with Crippen LogP contribution in [-0.4, -0.2) is 4.98 Å². The van der Waals surface area contributed by atoms with E-state index in [0.29, 0.717) is 5.92 Å². The van der Waals surface area contributed by atoms with Crippen LogP contribution in [-0.2, 0) is 6.42 Å². The predicted octanol–water partition coefficient (Wildman–Crippen LogP) is 4.01. The zero-order valence-corrected chi connectivity index (χ0v) is 10.5. The number of allylic oxidation sites excluding steroid dienone is 1. The lowest BCUT2D eigenvalue weighted by Crippen LogP contribution is -2.08. The van der Waals surface area contributed by atoms with Crippen LogP contribution in [0.25, 0.3) is 6.08 Å². The van der Waals surface area contributed by atoms with Crippen molar-refractivity contribution in [1.29, 1.82) is 0 Å². The fourth-order valence-corrected chi connectivity index (χ4v) is 1.79. The van der Waals surface area contributed by atoms with E-state index in [9.17, 15) is 0 Å². The number of rotatable bonds is 0. The lowest BCUT2D eigenvalue weighted by molar-refractivity contribution is 0.669. The summed E-state index contributed by atoms with van der Waals surface area (Å²) in [5, 5.41) is 0. The molecule has 1 aromatic heterocycles. The average molecular weight is 203 g/mol. The van der Waals surface area contributed by atoms with E-state index >= 15 is 0 Å². The molecule has 0 saturated heterocycles. The van der Waals surface area contributed by atoms with Gasteiger partial charge >= 0.3 is 0 Å². The van der Waals surface area contributed by atoms with Crippen molar-refractivity contribution in [3.05, 3.63) is 34.7 Å². The minimum atomic E-state index is 0.678. The Hall–Kier alpha value is -1.11. The topological polar surface area (TPSA) is 12.9 Å². The number of hydrogen-bond donors (Lipinski definition) is 0. The number of pyridine rings is 1. The lowest BCUT2D eigenvalue weighted by atomic mass is 9.86. The van der Waals surface area contributed by atoms with Crippen molar-refractivity contribution in [3.8, 4) is 0 Å². The lowest BCUT2D eigenvalue weighted by Gasteiger charge is -2.20. The van der Waals surface area contributed by atoms with Crippen LogP contribution in [0.1, 0.15) is 44.5 Å². The van der Waals surface area contributed by atoms with Crippen LogP contribution in [0.4, 0.5) is 0 Å². The van der Waals surface area contributed by atoms with Crippen LogP contribution >= 0.6 is 0 Å². The van der Waals surface area contributed by atoms with Crippen LogP contribution in [0.3, 0.4) is 0 Å². The molecule has 1 unspecified atom stereocenters. The van der Waals surface area contributed by atoms with E-state index in [1.807, 2.05) is 27.0 Å². The van der Waals surface area contributed by atoms with Gasteiger partial charge in [-0.3, -0.25) is 4.98 Å². The molecule has 2 rings (SSSR count). The second kappa shape index (κ2) is 5.11.